The van der Waals surface area contributed by atoms with Crippen molar-refractivity contribution in [2.75, 3.05) is 11.4 Å². The van der Waals surface area contributed by atoms with Crippen molar-refractivity contribution >= 4 is 17.5 Å². The Hall–Kier alpha value is -2.10. The van der Waals surface area contributed by atoms with Crippen LogP contribution in [0.5, 0.6) is 0 Å². The van der Waals surface area contributed by atoms with Gasteiger partial charge < -0.3 is 10.6 Å². The Kier molecular flexibility index (Phi) is 4.27. The first kappa shape index (κ1) is 12.0. The van der Waals surface area contributed by atoms with Gasteiger partial charge >= 0.3 is 0 Å². The number of likely N-dealkylation sites (N-methyl/N-ethyl adjacent to an activating group) is 1. The highest BCUT2D eigenvalue weighted by Crippen LogP contribution is 2.13. The fourth-order valence-corrected chi connectivity index (χ4v) is 1.32. The van der Waals surface area contributed by atoms with E-state index in [1.54, 1.807) is 4.90 Å². The Labute approximate surface area is 94.4 Å². The average molecular weight is 218 g/mol. The van der Waals surface area contributed by atoms with Crippen LogP contribution in [-0.2, 0) is 9.59 Å². The van der Waals surface area contributed by atoms with Crippen molar-refractivity contribution in [1.82, 2.24) is 0 Å². The fraction of sp³-hybridized carbons (Fsp3) is 0.167. The van der Waals surface area contributed by atoms with Gasteiger partial charge in [-0.2, -0.15) is 0 Å². The Morgan fingerprint density at radius 3 is 2.38 bits per heavy atom. The van der Waals surface area contributed by atoms with Crippen molar-refractivity contribution in [1.29, 1.82) is 0 Å². The molecule has 2 amide bonds. The number of carbonyl (C=O) groups is 2. The summed E-state index contributed by atoms with van der Waals surface area (Å²) in [6.07, 6.45) is 2.24. The minimum atomic E-state index is -0.627. The molecule has 0 aliphatic heterocycles. The number of rotatable bonds is 4. The van der Waals surface area contributed by atoms with E-state index >= 15 is 0 Å². The Bertz CT molecular complexity index is 399. The fourth-order valence-electron chi connectivity index (χ4n) is 1.32. The number of hydrogen-bond donors (Lipinski definition) is 1. The van der Waals surface area contributed by atoms with Crippen molar-refractivity contribution in [2.45, 2.75) is 6.92 Å². The van der Waals surface area contributed by atoms with Crippen LogP contribution in [0.15, 0.2) is 42.5 Å². The second-order valence-electron chi connectivity index (χ2n) is 3.15. The van der Waals surface area contributed by atoms with E-state index in [4.69, 9.17) is 5.73 Å². The molecular formula is C12H14N2O2. The molecule has 0 heterocycles. The van der Waals surface area contributed by atoms with E-state index < -0.39 is 5.91 Å². The molecule has 0 atom stereocenters. The topological polar surface area (TPSA) is 63.4 Å². The molecule has 0 aliphatic rings. The van der Waals surface area contributed by atoms with Gasteiger partial charge in [0.05, 0.1) is 0 Å². The van der Waals surface area contributed by atoms with Crippen LogP contribution in [0.25, 0.3) is 0 Å². The lowest BCUT2D eigenvalue weighted by Crippen LogP contribution is -2.29. The molecule has 4 nitrogen and oxygen atoms in total. The van der Waals surface area contributed by atoms with Crippen LogP contribution in [0.2, 0.25) is 0 Å². The van der Waals surface area contributed by atoms with E-state index in [2.05, 4.69) is 0 Å². The molecule has 1 rings (SSSR count). The summed E-state index contributed by atoms with van der Waals surface area (Å²) in [5.74, 6) is -0.884. The summed E-state index contributed by atoms with van der Waals surface area (Å²) >= 11 is 0. The lowest BCUT2D eigenvalue weighted by molar-refractivity contribution is -0.116. The highest BCUT2D eigenvalue weighted by atomic mass is 16.2. The Morgan fingerprint density at radius 1 is 1.25 bits per heavy atom. The van der Waals surface area contributed by atoms with Gasteiger partial charge in [-0.15, -0.1) is 0 Å². The maximum Gasteiger partial charge on any atom is 0.251 e. The monoisotopic (exact) mass is 218 g/mol. The van der Waals surface area contributed by atoms with E-state index in [0.29, 0.717) is 6.54 Å². The van der Waals surface area contributed by atoms with Gasteiger partial charge in [-0.3, -0.25) is 9.59 Å². The molecule has 2 N–H and O–H groups in total. The standard InChI is InChI=1S/C12H14N2O2/c1-2-14(10-6-4-3-5-7-10)12(16)9-8-11(13)15/h3-9H,2H2,1H3,(H2,13,15)/b9-8-. The van der Waals surface area contributed by atoms with Gasteiger partial charge in [-0.1, -0.05) is 18.2 Å². The summed E-state index contributed by atoms with van der Waals surface area (Å²) < 4.78 is 0. The number of primary amides is 1. The van der Waals surface area contributed by atoms with Gasteiger partial charge in [0, 0.05) is 24.4 Å². The van der Waals surface area contributed by atoms with Crippen LogP contribution in [0, 0.1) is 0 Å². The van der Waals surface area contributed by atoms with Crippen molar-refractivity contribution in [3.8, 4) is 0 Å². The van der Waals surface area contributed by atoms with Gasteiger partial charge in [0.1, 0.15) is 0 Å². The van der Waals surface area contributed by atoms with Gasteiger partial charge in [0.2, 0.25) is 5.91 Å². The minimum absolute atomic E-state index is 0.257. The van der Waals surface area contributed by atoms with Crippen LogP contribution in [-0.4, -0.2) is 18.4 Å². The third-order valence-electron chi connectivity index (χ3n) is 2.04. The third-order valence-corrected chi connectivity index (χ3v) is 2.04. The molecule has 0 aromatic heterocycles. The van der Waals surface area contributed by atoms with Crippen LogP contribution >= 0.6 is 0 Å². The molecule has 0 saturated heterocycles. The zero-order valence-corrected chi connectivity index (χ0v) is 9.09. The number of carbonyl (C=O) groups excluding carboxylic acids is 2. The second-order valence-corrected chi connectivity index (χ2v) is 3.15. The van der Waals surface area contributed by atoms with Crippen molar-refractivity contribution in [3.05, 3.63) is 42.5 Å². The molecular weight excluding hydrogens is 204 g/mol. The molecule has 84 valence electrons. The third kappa shape index (κ3) is 3.24. The normalized spacial score (nSPS) is 10.3. The molecule has 1 aromatic rings. The molecule has 1 aromatic carbocycles. The average Bonchev–Trinajstić information content (AvgIpc) is 2.29. The number of hydrogen-bond acceptors (Lipinski definition) is 2. The van der Waals surface area contributed by atoms with Crippen molar-refractivity contribution < 1.29 is 9.59 Å². The first-order chi connectivity index (χ1) is 7.65. The van der Waals surface area contributed by atoms with Crippen molar-refractivity contribution in [3.63, 3.8) is 0 Å². The Morgan fingerprint density at radius 2 is 1.88 bits per heavy atom. The van der Waals surface area contributed by atoms with Gasteiger partial charge in [-0.25, -0.2) is 0 Å². The van der Waals surface area contributed by atoms with E-state index in [9.17, 15) is 9.59 Å². The predicted octanol–water partition coefficient (Wildman–Crippen LogP) is 1.08. The zero-order chi connectivity index (χ0) is 12.0. The summed E-state index contributed by atoms with van der Waals surface area (Å²) in [5.41, 5.74) is 5.72. The number of anilines is 1. The molecule has 0 spiro atoms. The molecule has 0 unspecified atom stereocenters. The summed E-state index contributed by atoms with van der Waals surface area (Å²) in [4.78, 5) is 23.8. The predicted molar refractivity (Wildman–Crippen MR) is 62.8 cm³/mol. The van der Waals surface area contributed by atoms with Crippen LogP contribution in [0.3, 0.4) is 0 Å². The quantitative estimate of drug-likeness (QED) is 0.768. The summed E-state index contributed by atoms with van der Waals surface area (Å²) in [5, 5.41) is 0. The van der Waals surface area contributed by atoms with E-state index in [1.807, 2.05) is 37.3 Å². The minimum Gasteiger partial charge on any atom is -0.366 e. The summed E-state index contributed by atoms with van der Waals surface area (Å²) in [6.45, 7) is 2.40. The highest BCUT2D eigenvalue weighted by molar-refractivity contribution is 6.04. The molecule has 16 heavy (non-hydrogen) atoms. The molecule has 4 heteroatoms. The van der Waals surface area contributed by atoms with Crippen LogP contribution < -0.4 is 10.6 Å². The smallest absolute Gasteiger partial charge is 0.251 e. The molecule has 0 aliphatic carbocycles. The van der Waals surface area contributed by atoms with Crippen molar-refractivity contribution in [2.24, 2.45) is 5.73 Å². The number of benzene rings is 1. The summed E-state index contributed by atoms with van der Waals surface area (Å²) in [6, 6.07) is 9.24. The van der Waals surface area contributed by atoms with E-state index in [0.717, 1.165) is 11.8 Å². The molecule has 0 bridgehead atoms. The second kappa shape index (κ2) is 5.70. The first-order valence-electron chi connectivity index (χ1n) is 4.99. The molecule has 0 saturated carbocycles. The van der Waals surface area contributed by atoms with Gasteiger partial charge in [0.15, 0.2) is 0 Å². The number of nitrogens with zero attached hydrogens (tertiary/aromatic N) is 1. The molecule has 0 fully saturated rings. The number of nitrogens with two attached hydrogens (primary N) is 1. The summed E-state index contributed by atoms with van der Waals surface area (Å²) in [7, 11) is 0. The van der Waals surface area contributed by atoms with Gasteiger partial charge in [0.25, 0.3) is 5.91 Å². The first-order valence-corrected chi connectivity index (χ1v) is 4.99. The lowest BCUT2D eigenvalue weighted by Gasteiger charge is -2.18. The largest absolute Gasteiger partial charge is 0.366 e. The van der Waals surface area contributed by atoms with E-state index in [-0.39, 0.29) is 5.91 Å². The lowest BCUT2D eigenvalue weighted by atomic mass is 10.2. The van der Waals surface area contributed by atoms with E-state index in [1.165, 1.54) is 6.08 Å². The Balaban J connectivity index is 2.83. The van der Waals surface area contributed by atoms with Crippen LogP contribution in [0.1, 0.15) is 6.92 Å². The maximum absolute atomic E-state index is 11.7. The highest BCUT2D eigenvalue weighted by Gasteiger charge is 2.09. The zero-order valence-electron chi connectivity index (χ0n) is 9.09. The number of para-hydroxylation sites is 1. The number of amides is 2. The SMILES string of the molecule is CCN(C(=O)/C=C\C(N)=O)c1ccccc1. The molecule has 0 radical (unpaired) electrons. The van der Waals surface area contributed by atoms with Gasteiger partial charge in [-0.05, 0) is 19.1 Å². The van der Waals surface area contributed by atoms with Crippen LogP contribution in [0.4, 0.5) is 5.69 Å². The maximum atomic E-state index is 11.7.